The van der Waals surface area contributed by atoms with E-state index in [9.17, 15) is 9.59 Å². The van der Waals surface area contributed by atoms with Crippen molar-refractivity contribution in [2.45, 2.75) is 18.5 Å². The topological polar surface area (TPSA) is 61.4 Å². The fourth-order valence-corrected chi connectivity index (χ4v) is 3.81. The number of nitrogens with one attached hydrogen (secondary N) is 2. The summed E-state index contributed by atoms with van der Waals surface area (Å²) in [4.78, 5) is 26.9. The van der Waals surface area contributed by atoms with Crippen molar-refractivity contribution in [1.29, 1.82) is 0 Å². The second-order valence-corrected chi connectivity index (χ2v) is 7.69. The van der Waals surface area contributed by atoms with Crippen molar-refractivity contribution in [3.05, 3.63) is 101 Å². The molecule has 1 saturated heterocycles. The first-order valence-corrected chi connectivity index (χ1v) is 10.2. The molecule has 1 fully saturated rings. The van der Waals surface area contributed by atoms with Gasteiger partial charge in [0.1, 0.15) is 0 Å². The maximum Gasteiger partial charge on any atom is 0.315 e. The number of carbonyl (C=O) groups is 2. The van der Waals surface area contributed by atoms with Gasteiger partial charge in [-0.3, -0.25) is 4.79 Å². The molecule has 5 nitrogen and oxygen atoms in total. The lowest BCUT2D eigenvalue weighted by molar-refractivity contribution is -0.117. The van der Waals surface area contributed by atoms with Crippen LogP contribution >= 0.6 is 11.6 Å². The van der Waals surface area contributed by atoms with Crippen LogP contribution in [0.3, 0.4) is 0 Å². The van der Waals surface area contributed by atoms with Crippen molar-refractivity contribution in [3.63, 3.8) is 0 Å². The van der Waals surface area contributed by atoms with Crippen LogP contribution in [0.15, 0.2) is 84.9 Å². The van der Waals surface area contributed by atoms with Gasteiger partial charge in [-0.05, 0) is 35.4 Å². The minimum atomic E-state index is -0.302. The van der Waals surface area contributed by atoms with Gasteiger partial charge >= 0.3 is 6.03 Å². The molecule has 1 aliphatic heterocycles. The first-order valence-electron chi connectivity index (χ1n) is 9.83. The number of urea groups is 1. The highest BCUT2D eigenvalue weighted by Gasteiger charge is 2.32. The number of amides is 3. The number of rotatable bonds is 5. The summed E-state index contributed by atoms with van der Waals surface area (Å²) in [5.41, 5.74) is 2.76. The summed E-state index contributed by atoms with van der Waals surface area (Å²) in [6.07, 6.45) is 0.261. The first-order chi connectivity index (χ1) is 14.6. The second kappa shape index (κ2) is 9.01. The SMILES string of the molecule is O=C(NC(c1ccccc1)c1ccccc1)N[C@H]1CC(=O)N(c2ccc(Cl)cc2)C1. The molecule has 0 spiro atoms. The van der Waals surface area contributed by atoms with E-state index >= 15 is 0 Å². The van der Waals surface area contributed by atoms with Crippen molar-refractivity contribution in [2.24, 2.45) is 0 Å². The molecule has 0 bridgehead atoms. The van der Waals surface area contributed by atoms with Crippen molar-refractivity contribution < 1.29 is 9.59 Å². The highest BCUT2D eigenvalue weighted by atomic mass is 35.5. The quantitative estimate of drug-likeness (QED) is 0.638. The third-order valence-electron chi connectivity index (χ3n) is 5.14. The van der Waals surface area contributed by atoms with E-state index in [1.165, 1.54) is 0 Å². The fourth-order valence-electron chi connectivity index (χ4n) is 3.68. The molecule has 30 heavy (non-hydrogen) atoms. The summed E-state index contributed by atoms with van der Waals surface area (Å²) in [5, 5.41) is 6.63. The minimum Gasteiger partial charge on any atom is -0.333 e. The molecule has 4 rings (SSSR count). The Hall–Kier alpha value is -3.31. The Morgan fingerprint density at radius 1 is 0.900 bits per heavy atom. The lowest BCUT2D eigenvalue weighted by Gasteiger charge is -2.22. The summed E-state index contributed by atoms with van der Waals surface area (Å²) in [6, 6.07) is 25.9. The molecule has 152 valence electrons. The molecule has 3 aromatic carbocycles. The minimum absolute atomic E-state index is 0.0229. The Morgan fingerprint density at radius 2 is 1.47 bits per heavy atom. The Bertz CT molecular complexity index is 970. The van der Waals surface area contributed by atoms with Crippen molar-refractivity contribution in [2.75, 3.05) is 11.4 Å². The van der Waals surface area contributed by atoms with Gasteiger partial charge in [-0.15, -0.1) is 0 Å². The van der Waals surface area contributed by atoms with Crippen LogP contribution in [0, 0.1) is 0 Å². The monoisotopic (exact) mass is 419 g/mol. The summed E-state index contributed by atoms with van der Waals surface area (Å²) in [5.74, 6) is -0.0229. The molecule has 6 heteroatoms. The van der Waals surface area contributed by atoms with Crippen molar-refractivity contribution in [1.82, 2.24) is 10.6 Å². The van der Waals surface area contributed by atoms with Crippen LogP contribution in [0.2, 0.25) is 5.02 Å². The highest BCUT2D eigenvalue weighted by Crippen LogP contribution is 2.24. The van der Waals surface area contributed by atoms with Gasteiger partial charge in [0, 0.05) is 23.7 Å². The van der Waals surface area contributed by atoms with Gasteiger partial charge in [0.2, 0.25) is 5.91 Å². The van der Waals surface area contributed by atoms with Gasteiger partial charge in [-0.2, -0.15) is 0 Å². The third kappa shape index (κ3) is 4.63. The van der Waals surface area contributed by atoms with Crippen LogP contribution in [0.25, 0.3) is 0 Å². The lowest BCUT2D eigenvalue weighted by Crippen LogP contribution is -2.44. The summed E-state index contributed by atoms with van der Waals surface area (Å²) in [7, 11) is 0. The Morgan fingerprint density at radius 3 is 2.03 bits per heavy atom. The van der Waals surface area contributed by atoms with Crippen molar-refractivity contribution in [3.8, 4) is 0 Å². The molecule has 0 saturated carbocycles. The van der Waals surface area contributed by atoms with Crippen LogP contribution < -0.4 is 15.5 Å². The van der Waals surface area contributed by atoms with Crippen LogP contribution in [-0.2, 0) is 4.79 Å². The maximum atomic E-state index is 12.8. The normalized spacial score (nSPS) is 16.0. The number of benzene rings is 3. The molecule has 0 aliphatic carbocycles. The van der Waals surface area contributed by atoms with Gasteiger partial charge < -0.3 is 15.5 Å². The molecule has 3 amide bonds. The average molecular weight is 420 g/mol. The van der Waals surface area contributed by atoms with E-state index in [1.807, 2.05) is 72.8 Å². The van der Waals surface area contributed by atoms with Gasteiger partial charge in [-0.25, -0.2) is 4.79 Å². The number of nitrogens with zero attached hydrogens (tertiary/aromatic N) is 1. The lowest BCUT2D eigenvalue weighted by atomic mass is 9.99. The van der Waals surface area contributed by atoms with Gasteiger partial charge in [-0.1, -0.05) is 72.3 Å². The molecular weight excluding hydrogens is 398 g/mol. The number of halogens is 1. The summed E-state index contributed by atoms with van der Waals surface area (Å²) < 4.78 is 0. The molecule has 2 N–H and O–H groups in total. The molecule has 0 radical (unpaired) electrons. The Labute approximate surface area is 180 Å². The zero-order valence-electron chi connectivity index (χ0n) is 16.3. The van der Waals surface area contributed by atoms with Crippen molar-refractivity contribution >= 4 is 29.2 Å². The predicted octanol–water partition coefficient (Wildman–Crippen LogP) is 4.53. The zero-order valence-corrected chi connectivity index (χ0v) is 17.0. The van der Waals surface area contributed by atoms with E-state index in [2.05, 4.69) is 10.6 Å². The molecule has 3 aromatic rings. The maximum absolute atomic E-state index is 12.8. The van der Waals surface area contributed by atoms with E-state index in [0.29, 0.717) is 11.6 Å². The zero-order chi connectivity index (χ0) is 20.9. The first kappa shape index (κ1) is 20.0. The fraction of sp³-hybridized carbons (Fsp3) is 0.167. The molecule has 1 aliphatic rings. The number of anilines is 1. The van der Waals surface area contributed by atoms with Gasteiger partial charge in [0.15, 0.2) is 0 Å². The second-order valence-electron chi connectivity index (χ2n) is 7.25. The predicted molar refractivity (Wildman–Crippen MR) is 119 cm³/mol. The summed E-state index contributed by atoms with van der Waals surface area (Å²) in [6.45, 7) is 0.426. The van der Waals surface area contributed by atoms with Crippen LogP contribution in [-0.4, -0.2) is 24.5 Å². The van der Waals surface area contributed by atoms with E-state index in [1.54, 1.807) is 17.0 Å². The van der Waals surface area contributed by atoms with Crippen LogP contribution in [0.1, 0.15) is 23.6 Å². The van der Waals surface area contributed by atoms with E-state index in [-0.39, 0.29) is 30.4 Å². The molecule has 0 aromatic heterocycles. The largest absolute Gasteiger partial charge is 0.333 e. The smallest absolute Gasteiger partial charge is 0.315 e. The van der Waals surface area contributed by atoms with Gasteiger partial charge in [0.05, 0.1) is 12.1 Å². The highest BCUT2D eigenvalue weighted by molar-refractivity contribution is 6.30. The molecule has 1 atom stereocenters. The molecule has 1 heterocycles. The van der Waals surface area contributed by atoms with Gasteiger partial charge in [0.25, 0.3) is 0 Å². The van der Waals surface area contributed by atoms with Crippen LogP contribution in [0.4, 0.5) is 10.5 Å². The molecule has 0 unspecified atom stereocenters. The van der Waals surface area contributed by atoms with E-state index in [4.69, 9.17) is 11.6 Å². The number of hydrogen-bond acceptors (Lipinski definition) is 2. The molecular formula is C24H22ClN3O2. The average Bonchev–Trinajstić information content (AvgIpc) is 3.13. The van der Waals surface area contributed by atoms with E-state index in [0.717, 1.165) is 16.8 Å². The standard InChI is InChI=1S/C24H22ClN3O2/c25-19-11-13-21(14-12-19)28-16-20(15-22(28)29)26-24(30)27-23(17-7-3-1-4-8-17)18-9-5-2-6-10-18/h1-14,20,23H,15-16H2,(H2,26,27,30)/t20-/m0/s1. The third-order valence-corrected chi connectivity index (χ3v) is 5.39. The van der Waals surface area contributed by atoms with Crippen LogP contribution in [0.5, 0.6) is 0 Å². The Kier molecular flexibility index (Phi) is 6.00. The summed E-state index contributed by atoms with van der Waals surface area (Å²) >= 11 is 5.93. The van der Waals surface area contributed by atoms with E-state index < -0.39 is 0 Å². The Balaban J connectivity index is 1.44. The number of hydrogen-bond donors (Lipinski definition) is 2. The number of carbonyl (C=O) groups excluding carboxylic acids is 2.